The Morgan fingerprint density at radius 2 is 2.29 bits per heavy atom. The zero-order chi connectivity index (χ0) is 12.7. The van der Waals surface area contributed by atoms with Crippen molar-refractivity contribution in [3.63, 3.8) is 0 Å². The van der Waals surface area contributed by atoms with E-state index in [1.807, 2.05) is 0 Å². The van der Waals surface area contributed by atoms with Crippen LogP contribution in [0.3, 0.4) is 0 Å². The summed E-state index contributed by atoms with van der Waals surface area (Å²) >= 11 is 0. The minimum absolute atomic E-state index is 0.144. The quantitative estimate of drug-likeness (QED) is 0.334. The van der Waals surface area contributed by atoms with Gasteiger partial charge in [0.15, 0.2) is 0 Å². The van der Waals surface area contributed by atoms with Crippen molar-refractivity contribution in [1.82, 2.24) is 15.6 Å². The van der Waals surface area contributed by atoms with E-state index in [1.165, 1.54) is 7.11 Å². The number of carbonyl (C=O) groups excluding carboxylic acids is 2. The summed E-state index contributed by atoms with van der Waals surface area (Å²) in [5.74, 6) is 4.84. The van der Waals surface area contributed by atoms with Crippen molar-refractivity contribution in [3.8, 4) is 0 Å². The monoisotopic (exact) mass is 244 g/mol. The van der Waals surface area contributed by atoms with Crippen LogP contribution in [0.15, 0.2) is 0 Å². The van der Waals surface area contributed by atoms with E-state index in [2.05, 4.69) is 20.4 Å². The number of likely N-dealkylation sites (tertiary alicyclic amines) is 1. The molecule has 1 heterocycles. The van der Waals surface area contributed by atoms with Crippen LogP contribution in [-0.2, 0) is 9.53 Å². The van der Waals surface area contributed by atoms with Gasteiger partial charge in [0.1, 0.15) is 0 Å². The molecule has 1 fully saturated rings. The lowest BCUT2D eigenvalue weighted by molar-refractivity contribution is -0.121. The number of nitrogens with one attached hydrogen (secondary N) is 2. The highest BCUT2D eigenvalue weighted by atomic mass is 16.5. The zero-order valence-corrected chi connectivity index (χ0v) is 10.1. The van der Waals surface area contributed by atoms with E-state index in [4.69, 9.17) is 5.84 Å². The summed E-state index contributed by atoms with van der Waals surface area (Å²) in [6, 6.07) is 0.144. The summed E-state index contributed by atoms with van der Waals surface area (Å²) in [6.45, 7) is 2.57. The van der Waals surface area contributed by atoms with Gasteiger partial charge in [-0.1, -0.05) is 0 Å². The summed E-state index contributed by atoms with van der Waals surface area (Å²) in [4.78, 5) is 24.1. The molecule has 2 amide bonds. The van der Waals surface area contributed by atoms with E-state index in [1.54, 1.807) is 0 Å². The lowest BCUT2D eigenvalue weighted by atomic mass is 10.3. The first-order chi connectivity index (χ1) is 8.15. The smallest absolute Gasteiger partial charge is 0.407 e. The minimum Gasteiger partial charge on any atom is -0.453 e. The fraction of sp³-hybridized carbons (Fsp3) is 0.800. The second-order valence-corrected chi connectivity index (χ2v) is 4.09. The fourth-order valence-electron chi connectivity index (χ4n) is 1.91. The van der Waals surface area contributed by atoms with Gasteiger partial charge in [0, 0.05) is 25.6 Å². The predicted octanol–water partition coefficient (Wildman–Crippen LogP) is -0.813. The van der Waals surface area contributed by atoms with E-state index in [9.17, 15) is 9.59 Å². The van der Waals surface area contributed by atoms with Crippen LogP contribution in [0.4, 0.5) is 4.79 Å². The van der Waals surface area contributed by atoms with Gasteiger partial charge in [0.05, 0.1) is 7.11 Å². The van der Waals surface area contributed by atoms with Crippen LogP contribution in [-0.4, -0.2) is 49.7 Å². The van der Waals surface area contributed by atoms with Gasteiger partial charge < -0.3 is 15.0 Å². The molecule has 1 aliphatic rings. The second kappa shape index (κ2) is 7.08. The molecule has 7 nitrogen and oxygen atoms in total. The van der Waals surface area contributed by atoms with Gasteiger partial charge in [-0.3, -0.25) is 10.2 Å². The third-order valence-corrected chi connectivity index (χ3v) is 2.82. The number of hydrogen-bond acceptors (Lipinski definition) is 5. The van der Waals surface area contributed by atoms with Crippen molar-refractivity contribution >= 4 is 12.0 Å². The Bertz CT molecular complexity index is 272. The lowest BCUT2D eigenvalue weighted by Gasteiger charge is -2.15. The average Bonchev–Trinajstić information content (AvgIpc) is 2.76. The van der Waals surface area contributed by atoms with Crippen molar-refractivity contribution in [1.29, 1.82) is 0 Å². The molecule has 0 aromatic rings. The molecule has 98 valence electrons. The van der Waals surface area contributed by atoms with Crippen LogP contribution in [0.25, 0.3) is 0 Å². The Morgan fingerprint density at radius 3 is 2.94 bits per heavy atom. The van der Waals surface area contributed by atoms with E-state index >= 15 is 0 Å². The standard InChI is InChI=1S/C10H20N4O3/c1-17-10(16)12-8-4-6-14(7-8)5-2-3-9(15)13-11/h8H,2-7,11H2,1H3,(H,12,16)(H,13,15). The first kappa shape index (κ1) is 13.7. The zero-order valence-electron chi connectivity index (χ0n) is 10.1. The normalized spacial score (nSPS) is 20.0. The number of hydrazine groups is 1. The van der Waals surface area contributed by atoms with Gasteiger partial charge in [-0.05, 0) is 19.4 Å². The van der Waals surface area contributed by atoms with Crippen LogP contribution >= 0.6 is 0 Å². The maximum atomic E-state index is 11.0. The average molecular weight is 244 g/mol. The van der Waals surface area contributed by atoms with Crippen LogP contribution in [0.2, 0.25) is 0 Å². The van der Waals surface area contributed by atoms with Gasteiger partial charge in [0.2, 0.25) is 5.91 Å². The Labute approximate surface area is 101 Å². The number of nitrogens with two attached hydrogens (primary N) is 1. The van der Waals surface area contributed by atoms with Gasteiger partial charge >= 0.3 is 6.09 Å². The van der Waals surface area contributed by atoms with Gasteiger partial charge in [-0.2, -0.15) is 0 Å². The third-order valence-electron chi connectivity index (χ3n) is 2.82. The first-order valence-corrected chi connectivity index (χ1v) is 5.72. The summed E-state index contributed by atoms with van der Waals surface area (Å²) in [7, 11) is 1.35. The minimum atomic E-state index is -0.389. The molecule has 4 N–H and O–H groups in total. The molecule has 0 spiro atoms. The number of nitrogens with zero attached hydrogens (tertiary/aromatic N) is 1. The molecule has 1 saturated heterocycles. The maximum absolute atomic E-state index is 11.0. The number of alkyl carbamates (subject to hydrolysis) is 1. The highest BCUT2D eigenvalue weighted by Gasteiger charge is 2.23. The summed E-state index contributed by atoms with van der Waals surface area (Å²) in [6.07, 6.45) is 1.73. The molecule has 1 rings (SSSR count). The molecule has 1 atom stereocenters. The topological polar surface area (TPSA) is 96.7 Å². The molecule has 0 saturated carbocycles. The lowest BCUT2D eigenvalue weighted by Crippen LogP contribution is -2.37. The Hall–Kier alpha value is -1.34. The SMILES string of the molecule is COC(=O)NC1CCN(CCCC(=O)NN)C1. The molecular formula is C10H20N4O3. The molecular weight excluding hydrogens is 224 g/mol. The van der Waals surface area contributed by atoms with E-state index < -0.39 is 0 Å². The van der Waals surface area contributed by atoms with Gasteiger partial charge in [0.25, 0.3) is 0 Å². The molecule has 0 aromatic heterocycles. The van der Waals surface area contributed by atoms with Gasteiger partial charge in [-0.15, -0.1) is 0 Å². The van der Waals surface area contributed by atoms with Crippen molar-refractivity contribution in [2.75, 3.05) is 26.7 Å². The maximum Gasteiger partial charge on any atom is 0.407 e. The van der Waals surface area contributed by atoms with Crippen molar-refractivity contribution < 1.29 is 14.3 Å². The number of carbonyl (C=O) groups is 2. The number of hydrogen-bond donors (Lipinski definition) is 3. The van der Waals surface area contributed by atoms with Crippen molar-refractivity contribution in [2.45, 2.75) is 25.3 Å². The molecule has 7 heteroatoms. The number of amides is 2. The second-order valence-electron chi connectivity index (χ2n) is 4.09. The molecule has 1 aliphatic heterocycles. The van der Waals surface area contributed by atoms with Crippen molar-refractivity contribution in [3.05, 3.63) is 0 Å². The molecule has 17 heavy (non-hydrogen) atoms. The largest absolute Gasteiger partial charge is 0.453 e. The Kier molecular flexibility index (Phi) is 5.71. The van der Waals surface area contributed by atoms with Crippen LogP contribution in [0.5, 0.6) is 0 Å². The Morgan fingerprint density at radius 1 is 1.53 bits per heavy atom. The molecule has 1 unspecified atom stereocenters. The van der Waals surface area contributed by atoms with Crippen LogP contribution in [0, 0.1) is 0 Å². The van der Waals surface area contributed by atoms with E-state index in [-0.39, 0.29) is 18.0 Å². The van der Waals surface area contributed by atoms with Crippen molar-refractivity contribution in [2.24, 2.45) is 5.84 Å². The molecule has 0 radical (unpaired) electrons. The molecule has 0 bridgehead atoms. The van der Waals surface area contributed by atoms with Gasteiger partial charge in [-0.25, -0.2) is 10.6 Å². The highest BCUT2D eigenvalue weighted by molar-refractivity contribution is 5.75. The van der Waals surface area contributed by atoms with E-state index in [0.29, 0.717) is 6.42 Å². The van der Waals surface area contributed by atoms with E-state index in [0.717, 1.165) is 32.5 Å². The fourth-order valence-corrected chi connectivity index (χ4v) is 1.91. The third kappa shape index (κ3) is 5.01. The summed E-state index contributed by atoms with van der Waals surface area (Å²) in [5.41, 5.74) is 2.10. The van der Waals surface area contributed by atoms with Crippen LogP contribution in [0.1, 0.15) is 19.3 Å². The summed E-state index contributed by atoms with van der Waals surface area (Å²) in [5, 5.41) is 2.77. The molecule has 0 aliphatic carbocycles. The molecule has 0 aromatic carbocycles. The number of rotatable bonds is 5. The summed E-state index contributed by atoms with van der Waals surface area (Å²) < 4.78 is 4.54. The predicted molar refractivity (Wildman–Crippen MR) is 61.9 cm³/mol. The van der Waals surface area contributed by atoms with Crippen LogP contribution < -0.4 is 16.6 Å². The first-order valence-electron chi connectivity index (χ1n) is 5.72. The number of methoxy groups -OCH3 is 1. The Balaban J connectivity index is 2.13. The highest BCUT2D eigenvalue weighted by Crippen LogP contribution is 2.10. The number of ether oxygens (including phenoxy) is 1.